The maximum atomic E-state index is 2.93. The van der Waals surface area contributed by atoms with Gasteiger partial charge in [-0.3, -0.25) is 0 Å². The van der Waals surface area contributed by atoms with Crippen molar-refractivity contribution in [3.05, 3.63) is 33.9 Å². The van der Waals surface area contributed by atoms with Crippen LogP contribution in [0.3, 0.4) is 0 Å². The summed E-state index contributed by atoms with van der Waals surface area (Å²) in [5.41, 5.74) is 0. The van der Waals surface area contributed by atoms with Crippen molar-refractivity contribution in [2.24, 2.45) is 0 Å². The molecule has 0 fully saturated rings. The molecule has 0 aliphatic heterocycles. The normalized spacial score (nSPS) is 7.62. The van der Waals surface area contributed by atoms with E-state index in [0.717, 1.165) is 0 Å². The van der Waals surface area contributed by atoms with Crippen molar-refractivity contribution < 1.29 is 0 Å². The summed E-state index contributed by atoms with van der Waals surface area (Å²) in [5.74, 6) is 0. The molecule has 8 heavy (non-hydrogen) atoms. The van der Waals surface area contributed by atoms with Crippen LogP contribution in [0.15, 0.2) is 24.3 Å². The van der Waals surface area contributed by atoms with Gasteiger partial charge in [0, 0.05) is 3.57 Å². The summed E-state index contributed by atoms with van der Waals surface area (Å²) in [7, 11) is 0. The van der Waals surface area contributed by atoms with Gasteiger partial charge in [-0.2, -0.15) is 0 Å². The van der Waals surface area contributed by atoms with Crippen molar-refractivity contribution in [2.45, 2.75) is 0 Å². The van der Waals surface area contributed by atoms with Crippen LogP contribution in [0, 0.1) is 9.64 Å². The zero-order valence-electron chi connectivity index (χ0n) is 3.69. The molecule has 0 N–H and O–H groups in total. The van der Waals surface area contributed by atoms with E-state index in [9.17, 15) is 0 Å². The quantitative estimate of drug-likeness (QED) is 0.450. The zero-order valence-corrected chi connectivity index (χ0v) is 5.84. The molecule has 1 rings (SSSR count). The summed E-state index contributed by atoms with van der Waals surface area (Å²) in [4.78, 5) is 0. The third-order valence-electron chi connectivity index (χ3n) is 0.678. The van der Waals surface area contributed by atoms with Gasteiger partial charge in [0.1, 0.15) is 0 Å². The second-order valence-electron chi connectivity index (χ2n) is 1.22. The summed E-state index contributed by atoms with van der Waals surface area (Å²) >= 11 is 2.26. The Hall–Kier alpha value is 0.547. The Kier molecular flexibility index (Phi) is 4.73. The maximum absolute atomic E-state index is 2.93. The molecule has 2 heteroatoms. The van der Waals surface area contributed by atoms with E-state index in [1.807, 2.05) is 24.3 Å². The molecule has 0 atom stereocenters. The van der Waals surface area contributed by atoms with E-state index in [1.165, 1.54) is 3.57 Å². The van der Waals surface area contributed by atoms with Gasteiger partial charge in [0.2, 0.25) is 0 Å². The minimum absolute atomic E-state index is 0. The third kappa shape index (κ3) is 2.76. The van der Waals surface area contributed by atoms with Gasteiger partial charge in [-0.1, -0.05) is 12.1 Å². The molecule has 0 aliphatic rings. The van der Waals surface area contributed by atoms with Crippen LogP contribution < -0.4 is 0 Å². The fourth-order valence-corrected chi connectivity index (χ4v) is 0.726. The third-order valence-corrected chi connectivity index (χ3v) is 1.40. The molecule has 0 nitrogen and oxygen atoms in total. The first-order chi connectivity index (χ1) is 3.39. The first-order valence-electron chi connectivity index (χ1n) is 2.01. The number of benzene rings is 1. The van der Waals surface area contributed by atoms with Crippen molar-refractivity contribution in [1.29, 1.82) is 0 Å². The van der Waals surface area contributed by atoms with Crippen LogP contribution in [0.2, 0.25) is 0 Å². The summed E-state index contributed by atoms with van der Waals surface area (Å²) in [5, 5.41) is 0. The predicted octanol–water partition coefficient (Wildman–Crippen LogP) is 1.44. The fraction of sp³-hybridized carbons (Fsp3) is 0. The minimum atomic E-state index is 0. The standard InChI is InChI=1S/C6H4I.Li.H/c7-6-4-2-1-3-5-6;;/h2-5H;;. The number of hydrogen-bond acceptors (Lipinski definition) is 0. The average molecular weight is 211 g/mol. The van der Waals surface area contributed by atoms with Gasteiger partial charge >= 0.3 is 18.9 Å². The van der Waals surface area contributed by atoms with Crippen molar-refractivity contribution in [3.8, 4) is 0 Å². The zero-order chi connectivity index (χ0) is 5.11. The van der Waals surface area contributed by atoms with Crippen LogP contribution in [0.4, 0.5) is 0 Å². The molecule has 0 spiro atoms. The molecule has 37 valence electrons. The SMILES string of the molecule is Ic1cc[c]cc1.[LiH]. The molecule has 0 amide bonds. The number of halogens is 1. The van der Waals surface area contributed by atoms with Gasteiger partial charge in [0.15, 0.2) is 0 Å². The average Bonchev–Trinajstić information content (AvgIpc) is 1.69. The summed E-state index contributed by atoms with van der Waals surface area (Å²) in [6, 6.07) is 10.8. The van der Waals surface area contributed by atoms with Crippen LogP contribution >= 0.6 is 22.6 Å². The Balaban J connectivity index is 0.000000490. The van der Waals surface area contributed by atoms with Gasteiger partial charge in [0.25, 0.3) is 0 Å². The first kappa shape index (κ1) is 8.55. The predicted molar refractivity (Wildman–Crippen MR) is 45.1 cm³/mol. The molecule has 0 saturated heterocycles. The van der Waals surface area contributed by atoms with Crippen molar-refractivity contribution in [1.82, 2.24) is 0 Å². The molecular weight excluding hydrogens is 206 g/mol. The first-order valence-corrected chi connectivity index (χ1v) is 3.09. The number of rotatable bonds is 0. The Morgan fingerprint density at radius 1 is 1.25 bits per heavy atom. The summed E-state index contributed by atoms with van der Waals surface area (Å²) in [6.45, 7) is 0. The molecule has 1 radical (unpaired) electrons. The summed E-state index contributed by atoms with van der Waals surface area (Å²) < 4.78 is 1.26. The van der Waals surface area contributed by atoms with Gasteiger partial charge in [-0.15, -0.1) is 0 Å². The Bertz CT molecular complexity index is 138. The van der Waals surface area contributed by atoms with Gasteiger partial charge in [0.05, 0.1) is 0 Å². The molecule has 1 aromatic rings. The van der Waals surface area contributed by atoms with E-state index in [4.69, 9.17) is 0 Å². The van der Waals surface area contributed by atoms with E-state index >= 15 is 0 Å². The fourth-order valence-electron chi connectivity index (χ4n) is 0.367. The topological polar surface area (TPSA) is 0 Å². The van der Waals surface area contributed by atoms with Crippen LogP contribution in [0.5, 0.6) is 0 Å². The van der Waals surface area contributed by atoms with E-state index in [1.54, 1.807) is 0 Å². The molecule has 0 unspecified atom stereocenters. The van der Waals surface area contributed by atoms with E-state index in [2.05, 4.69) is 28.7 Å². The molecule has 1 aromatic carbocycles. The van der Waals surface area contributed by atoms with Crippen LogP contribution in [0.25, 0.3) is 0 Å². The monoisotopic (exact) mass is 211 g/mol. The Morgan fingerprint density at radius 3 is 2.00 bits per heavy atom. The van der Waals surface area contributed by atoms with Crippen molar-refractivity contribution in [3.63, 3.8) is 0 Å². The molecular formula is C6H5ILi. The molecule has 0 saturated carbocycles. The Labute approximate surface area is 75.0 Å². The Morgan fingerprint density at radius 2 is 1.75 bits per heavy atom. The van der Waals surface area contributed by atoms with Crippen LogP contribution in [-0.4, -0.2) is 18.9 Å². The van der Waals surface area contributed by atoms with Crippen molar-refractivity contribution in [2.75, 3.05) is 0 Å². The van der Waals surface area contributed by atoms with Crippen LogP contribution in [0.1, 0.15) is 0 Å². The van der Waals surface area contributed by atoms with Crippen LogP contribution in [-0.2, 0) is 0 Å². The second kappa shape index (κ2) is 4.43. The van der Waals surface area contributed by atoms with Gasteiger partial charge < -0.3 is 0 Å². The number of hydrogen-bond donors (Lipinski definition) is 0. The summed E-state index contributed by atoms with van der Waals surface area (Å²) in [6.07, 6.45) is 0. The van der Waals surface area contributed by atoms with E-state index in [0.29, 0.717) is 0 Å². The molecule has 0 heterocycles. The van der Waals surface area contributed by atoms with E-state index in [-0.39, 0.29) is 18.9 Å². The van der Waals surface area contributed by atoms with E-state index < -0.39 is 0 Å². The van der Waals surface area contributed by atoms with Gasteiger partial charge in [-0.05, 0) is 40.8 Å². The van der Waals surface area contributed by atoms with Gasteiger partial charge in [-0.25, -0.2) is 0 Å². The molecule has 0 aromatic heterocycles. The molecule has 0 bridgehead atoms. The second-order valence-corrected chi connectivity index (χ2v) is 2.46. The molecule has 0 aliphatic carbocycles. The van der Waals surface area contributed by atoms with Crippen molar-refractivity contribution >= 4 is 41.5 Å².